The Bertz CT molecular complexity index is 751. The Morgan fingerprint density at radius 1 is 1.14 bits per heavy atom. The quantitative estimate of drug-likeness (QED) is 0.747. The summed E-state index contributed by atoms with van der Waals surface area (Å²) in [4.78, 5) is 0. The van der Waals surface area contributed by atoms with E-state index in [-0.39, 0.29) is 18.2 Å². The van der Waals surface area contributed by atoms with Crippen molar-refractivity contribution in [1.29, 1.82) is 0 Å². The van der Waals surface area contributed by atoms with E-state index in [1.165, 1.54) is 12.1 Å². The van der Waals surface area contributed by atoms with Crippen LogP contribution in [0.5, 0.6) is 0 Å². The fourth-order valence-corrected chi connectivity index (χ4v) is 2.59. The van der Waals surface area contributed by atoms with Gasteiger partial charge in [0.2, 0.25) is 0 Å². The molecular formula is C16H15Cl2FN2. The summed E-state index contributed by atoms with van der Waals surface area (Å²) in [5.41, 5.74) is 3.15. The summed E-state index contributed by atoms with van der Waals surface area (Å²) < 4.78 is 15.1. The molecule has 1 aromatic heterocycles. The van der Waals surface area contributed by atoms with Crippen LogP contribution in [0, 0.1) is 5.82 Å². The maximum Gasteiger partial charge on any atom is 0.123 e. The Hall–Kier alpha value is -1.55. The van der Waals surface area contributed by atoms with Gasteiger partial charge < -0.3 is 9.88 Å². The molecule has 0 aliphatic heterocycles. The molecule has 2 nitrogen and oxygen atoms in total. The van der Waals surface area contributed by atoms with Gasteiger partial charge in [0, 0.05) is 28.8 Å². The number of benzene rings is 2. The van der Waals surface area contributed by atoms with Crippen LogP contribution in [-0.4, -0.2) is 11.6 Å². The van der Waals surface area contributed by atoms with Crippen LogP contribution in [0.2, 0.25) is 5.02 Å². The second-order valence-electron chi connectivity index (χ2n) is 4.69. The van der Waals surface area contributed by atoms with Gasteiger partial charge in [-0.15, -0.1) is 12.4 Å². The minimum absolute atomic E-state index is 0. The van der Waals surface area contributed by atoms with Crippen molar-refractivity contribution in [2.45, 2.75) is 6.54 Å². The van der Waals surface area contributed by atoms with Crippen molar-refractivity contribution in [3.05, 3.63) is 65.1 Å². The molecule has 110 valence electrons. The molecule has 0 saturated carbocycles. The highest BCUT2D eigenvalue weighted by Crippen LogP contribution is 2.27. The van der Waals surface area contributed by atoms with Gasteiger partial charge in [-0.05, 0) is 55.1 Å². The second-order valence-corrected chi connectivity index (χ2v) is 5.13. The standard InChI is InChI=1S/C16H14ClFN2.ClH/c1-19-9-11-10-20(14-5-3-13(18)4-6-14)16-7-2-12(17)8-15(11)16;/h2-8,10,19H,9H2,1H3;1H. The molecule has 0 aliphatic rings. The van der Waals surface area contributed by atoms with Crippen LogP contribution < -0.4 is 5.32 Å². The lowest BCUT2D eigenvalue weighted by Gasteiger charge is -2.05. The Kier molecular flexibility index (Phi) is 4.88. The van der Waals surface area contributed by atoms with E-state index in [0.29, 0.717) is 5.02 Å². The zero-order valence-corrected chi connectivity index (χ0v) is 13.0. The van der Waals surface area contributed by atoms with Gasteiger partial charge in [-0.25, -0.2) is 4.39 Å². The van der Waals surface area contributed by atoms with E-state index in [1.54, 1.807) is 12.1 Å². The van der Waals surface area contributed by atoms with Crippen LogP contribution in [0.25, 0.3) is 16.6 Å². The van der Waals surface area contributed by atoms with Crippen LogP contribution in [0.4, 0.5) is 4.39 Å². The third kappa shape index (κ3) is 3.05. The number of rotatable bonds is 3. The predicted molar refractivity (Wildman–Crippen MR) is 88.3 cm³/mol. The molecule has 0 atom stereocenters. The molecule has 1 N–H and O–H groups in total. The predicted octanol–water partition coefficient (Wildman–Crippen LogP) is 4.56. The van der Waals surface area contributed by atoms with Crippen LogP contribution in [0.15, 0.2) is 48.7 Å². The lowest BCUT2D eigenvalue weighted by molar-refractivity contribution is 0.627. The number of aromatic nitrogens is 1. The maximum atomic E-state index is 13.1. The van der Waals surface area contributed by atoms with Crippen molar-refractivity contribution < 1.29 is 4.39 Å². The SMILES string of the molecule is CNCc1cn(-c2ccc(F)cc2)c2ccc(Cl)cc12.Cl. The number of hydrogen-bond acceptors (Lipinski definition) is 1. The van der Waals surface area contributed by atoms with Crippen molar-refractivity contribution in [3.63, 3.8) is 0 Å². The zero-order valence-electron chi connectivity index (χ0n) is 11.4. The molecular weight excluding hydrogens is 310 g/mol. The van der Waals surface area contributed by atoms with Gasteiger partial charge >= 0.3 is 0 Å². The average Bonchev–Trinajstić information content (AvgIpc) is 2.78. The van der Waals surface area contributed by atoms with Crippen molar-refractivity contribution in [3.8, 4) is 5.69 Å². The molecule has 0 amide bonds. The summed E-state index contributed by atoms with van der Waals surface area (Å²) in [6.45, 7) is 0.755. The first kappa shape index (κ1) is 15.8. The van der Waals surface area contributed by atoms with Gasteiger partial charge in [0.1, 0.15) is 5.82 Å². The molecule has 2 aromatic carbocycles. The van der Waals surface area contributed by atoms with Crippen molar-refractivity contribution in [2.75, 3.05) is 7.05 Å². The fourth-order valence-electron chi connectivity index (χ4n) is 2.42. The van der Waals surface area contributed by atoms with Gasteiger partial charge in [0.15, 0.2) is 0 Å². The van der Waals surface area contributed by atoms with Crippen molar-refractivity contribution in [2.24, 2.45) is 0 Å². The van der Waals surface area contributed by atoms with Gasteiger partial charge in [0.05, 0.1) is 5.52 Å². The number of nitrogens with one attached hydrogen (secondary N) is 1. The van der Waals surface area contributed by atoms with E-state index in [9.17, 15) is 4.39 Å². The second kappa shape index (κ2) is 6.48. The molecule has 0 bridgehead atoms. The summed E-state index contributed by atoms with van der Waals surface area (Å²) in [6, 6.07) is 12.3. The highest BCUT2D eigenvalue weighted by molar-refractivity contribution is 6.31. The highest BCUT2D eigenvalue weighted by atomic mass is 35.5. The maximum absolute atomic E-state index is 13.1. The molecule has 0 spiro atoms. The highest BCUT2D eigenvalue weighted by Gasteiger charge is 2.10. The zero-order chi connectivity index (χ0) is 14.1. The van der Waals surface area contributed by atoms with Crippen molar-refractivity contribution >= 4 is 34.9 Å². The Morgan fingerprint density at radius 2 is 1.86 bits per heavy atom. The topological polar surface area (TPSA) is 17.0 Å². The van der Waals surface area contributed by atoms with Gasteiger partial charge in [-0.2, -0.15) is 0 Å². The molecule has 0 saturated heterocycles. The third-order valence-corrected chi connectivity index (χ3v) is 3.56. The first-order valence-electron chi connectivity index (χ1n) is 6.39. The number of fused-ring (bicyclic) bond motifs is 1. The van der Waals surface area contributed by atoms with E-state index in [2.05, 4.69) is 16.1 Å². The molecule has 3 aromatic rings. The minimum Gasteiger partial charge on any atom is -0.316 e. The average molecular weight is 325 g/mol. The third-order valence-electron chi connectivity index (χ3n) is 3.32. The van der Waals surface area contributed by atoms with Gasteiger partial charge in [-0.1, -0.05) is 11.6 Å². The fraction of sp³-hybridized carbons (Fsp3) is 0.125. The monoisotopic (exact) mass is 324 g/mol. The smallest absolute Gasteiger partial charge is 0.123 e. The van der Waals surface area contributed by atoms with E-state index < -0.39 is 0 Å². The van der Waals surface area contributed by atoms with E-state index in [4.69, 9.17) is 11.6 Å². The number of hydrogen-bond donors (Lipinski definition) is 1. The van der Waals surface area contributed by atoms with Crippen LogP contribution in [-0.2, 0) is 6.54 Å². The van der Waals surface area contributed by atoms with Crippen molar-refractivity contribution in [1.82, 2.24) is 9.88 Å². The van der Waals surface area contributed by atoms with Crippen LogP contribution >= 0.6 is 24.0 Å². The molecule has 3 rings (SSSR count). The largest absolute Gasteiger partial charge is 0.316 e. The Labute approximate surface area is 133 Å². The minimum atomic E-state index is -0.233. The molecule has 0 aliphatic carbocycles. The first-order valence-corrected chi connectivity index (χ1v) is 6.77. The van der Waals surface area contributed by atoms with Gasteiger partial charge in [0.25, 0.3) is 0 Å². The Morgan fingerprint density at radius 3 is 2.52 bits per heavy atom. The normalized spacial score (nSPS) is 10.6. The molecule has 0 unspecified atom stereocenters. The first-order chi connectivity index (χ1) is 9.69. The summed E-state index contributed by atoms with van der Waals surface area (Å²) in [5, 5.41) is 4.98. The van der Waals surface area contributed by atoms with Crippen LogP contribution in [0.3, 0.4) is 0 Å². The Balaban J connectivity index is 0.00000161. The molecule has 5 heteroatoms. The van der Waals surface area contributed by atoms with Crippen LogP contribution in [0.1, 0.15) is 5.56 Å². The lowest BCUT2D eigenvalue weighted by atomic mass is 10.2. The summed E-state index contributed by atoms with van der Waals surface area (Å²) in [5.74, 6) is -0.233. The molecule has 0 radical (unpaired) electrons. The van der Waals surface area contributed by atoms with E-state index >= 15 is 0 Å². The molecule has 21 heavy (non-hydrogen) atoms. The number of nitrogens with zero attached hydrogens (tertiary/aromatic N) is 1. The molecule has 1 heterocycles. The summed E-state index contributed by atoms with van der Waals surface area (Å²) in [6.07, 6.45) is 2.06. The van der Waals surface area contributed by atoms with E-state index in [1.807, 2.05) is 25.2 Å². The lowest BCUT2D eigenvalue weighted by Crippen LogP contribution is -2.04. The number of halogens is 3. The van der Waals surface area contributed by atoms with Gasteiger partial charge in [-0.3, -0.25) is 0 Å². The summed E-state index contributed by atoms with van der Waals surface area (Å²) >= 11 is 6.09. The molecule has 0 fully saturated rings. The van der Waals surface area contributed by atoms with E-state index in [0.717, 1.165) is 28.7 Å². The summed E-state index contributed by atoms with van der Waals surface area (Å²) in [7, 11) is 1.91.